The summed E-state index contributed by atoms with van der Waals surface area (Å²) in [5.41, 5.74) is 7.73. The van der Waals surface area contributed by atoms with Crippen LogP contribution in [0.2, 0.25) is 39.3 Å². The number of rotatable bonds is 13. The van der Waals surface area contributed by atoms with E-state index < -0.39 is 23.0 Å². The van der Waals surface area contributed by atoms with Gasteiger partial charge in [-0.1, -0.05) is 162 Å². The molecule has 5 aromatic carbocycles. The van der Waals surface area contributed by atoms with Gasteiger partial charge in [-0.15, -0.1) is 76.0 Å². The molecule has 0 aliphatic rings. The van der Waals surface area contributed by atoms with Crippen LogP contribution in [0.15, 0.2) is 146 Å². The first-order valence-corrected chi connectivity index (χ1v) is 31.4. The smallest absolute Gasteiger partial charge is 0.162 e. The topological polar surface area (TPSA) is 76.0 Å². The number of allylic oxidation sites excluding steroid dienone is 2. The van der Waals surface area contributed by atoms with Gasteiger partial charge in [0.05, 0.1) is 27.4 Å². The van der Waals surface area contributed by atoms with Gasteiger partial charge >= 0.3 is 0 Å². The van der Waals surface area contributed by atoms with Crippen molar-refractivity contribution in [1.29, 1.82) is 0 Å². The van der Waals surface area contributed by atoms with Gasteiger partial charge in [0.25, 0.3) is 0 Å². The van der Waals surface area contributed by atoms with Crippen molar-refractivity contribution in [2.45, 2.75) is 99.5 Å². The Morgan fingerprint density at radius 1 is 0.721 bits per heavy atom. The average Bonchev–Trinajstić information content (AvgIpc) is 3.76. The minimum Gasteiger partial charge on any atom is -0.512 e. The van der Waals surface area contributed by atoms with Gasteiger partial charge < -0.3 is 10.1 Å². The van der Waals surface area contributed by atoms with Gasteiger partial charge in [0.15, 0.2) is 5.78 Å². The Bertz CT molecular complexity index is 3030. The Labute approximate surface area is 429 Å². The maximum absolute atomic E-state index is 11.7. The second kappa shape index (κ2) is 24.4. The number of aromatic nitrogens is 3. The molecule has 0 aliphatic carbocycles. The molecule has 0 unspecified atom stereocenters. The molecular formula is C59H67IrN3O2SSi2-2. The predicted molar refractivity (Wildman–Crippen MR) is 293 cm³/mol. The van der Waals surface area contributed by atoms with Crippen LogP contribution in [-0.4, -0.2) is 42.0 Å². The van der Waals surface area contributed by atoms with Crippen LogP contribution in [-0.2, 0) is 24.9 Å². The van der Waals surface area contributed by atoms with Gasteiger partial charge in [-0.05, 0) is 66.5 Å². The molecule has 8 aromatic rings. The number of carbonyl (C=O) groups is 1. The van der Waals surface area contributed by atoms with Crippen LogP contribution in [0.25, 0.3) is 65.1 Å². The predicted octanol–water partition coefficient (Wildman–Crippen LogP) is 15.5. The Hall–Kier alpha value is -5.16. The molecule has 0 atom stereocenters. The second-order valence-electron chi connectivity index (χ2n) is 19.0. The molecule has 0 fully saturated rings. The van der Waals surface area contributed by atoms with Crippen LogP contribution in [0.5, 0.6) is 0 Å². The number of hydrogen-bond acceptors (Lipinski definition) is 6. The molecule has 8 rings (SSSR count). The van der Waals surface area contributed by atoms with Gasteiger partial charge in [0.2, 0.25) is 0 Å². The summed E-state index contributed by atoms with van der Waals surface area (Å²) in [6, 6.07) is 48.1. The van der Waals surface area contributed by atoms with E-state index in [0.717, 1.165) is 68.7 Å². The fourth-order valence-electron chi connectivity index (χ4n) is 8.12. The molecule has 9 heteroatoms. The molecule has 0 aliphatic heterocycles. The van der Waals surface area contributed by atoms with Crippen LogP contribution < -0.4 is 10.4 Å². The zero-order valence-corrected chi connectivity index (χ0v) is 46.4. The molecule has 68 heavy (non-hydrogen) atoms. The van der Waals surface area contributed by atoms with Crippen molar-refractivity contribution in [1.82, 2.24) is 15.0 Å². The summed E-state index contributed by atoms with van der Waals surface area (Å²) in [6.45, 7) is 19.9. The molecular weight excluding hydrogens is 1060 g/mol. The summed E-state index contributed by atoms with van der Waals surface area (Å²) >= 11 is 1.45. The van der Waals surface area contributed by atoms with Crippen molar-refractivity contribution >= 4 is 64.6 Å². The Morgan fingerprint density at radius 3 is 2.00 bits per heavy atom. The largest absolute Gasteiger partial charge is 0.512 e. The number of thiophene rings is 1. The standard InChI is InChI=1S/C26H23N2SSi.C20H20NSi.C13H24O2.Ir/c1-17-23-26(29-25(17)18-10-6-5-7-11-18)24(28-16-27-23)20-14-19-12-8-9-13-21(19)22(15-20)30(2,3)4;1-22(2,3)19-11-9-16(10-12-19)18-13-14-21-20(15-18)17-7-5-4-6-8-17;1-5-10(6-2)12(14)9-13(15)11(7-3)8-4;/h5-13,15-16H,1-4H3;4-7,9-15H,1-3H3;9-11,14H,5-8H2,1-4H3;/q2*-1;;/b;;12-9-;/i1D3;;;. The summed E-state index contributed by atoms with van der Waals surface area (Å²) in [5, 5.41) is 14.9. The third-order valence-electron chi connectivity index (χ3n) is 12.3. The first kappa shape index (κ1) is 49.3. The van der Waals surface area contributed by atoms with E-state index in [1.54, 1.807) is 0 Å². The number of carbonyl (C=O) groups excluding carboxylic acids is 1. The summed E-state index contributed by atoms with van der Waals surface area (Å²) < 4.78 is 25.5. The summed E-state index contributed by atoms with van der Waals surface area (Å²) in [4.78, 5) is 26.0. The molecule has 0 bridgehead atoms. The van der Waals surface area contributed by atoms with Crippen molar-refractivity contribution < 1.29 is 34.1 Å². The third kappa shape index (κ3) is 13.3. The summed E-state index contributed by atoms with van der Waals surface area (Å²) in [5.74, 6) is 0.547. The van der Waals surface area contributed by atoms with E-state index in [0.29, 0.717) is 11.1 Å². The fourth-order valence-corrected chi connectivity index (χ4v) is 12.1. The van der Waals surface area contributed by atoms with Gasteiger partial charge in [-0.2, -0.15) is 0 Å². The first-order valence-electron chi connectivity index (χ1n) is 25.1. The van der Waals surface area contributed by atoms with E-state index in [4.69, 9.17) is 4.11 Å². The van der Waals surface area contributed by atoms with E-state index in [2.05, 4.69) is 127 Å². The number of hydrogen-bond donors (Lipinski definition) is 1. The fraction of sp³-hybridized carbons (Fsp3) is 0.288. The van der Waals surface area contributed by atoms with E-state index in [1.165, 1.54) is 50.6 Å². The van der Waals surface area contributed by atoms with Crippen molar-refractivity contribution in [3.05, 3.63) is 163 Å². The quantitative estimate of drug-likeness (QED) is 0.0539. The number of benzene rings is 5. The maximum atomic E-state index is 11.7. The number of aryl methyl sites for hydroxylation is 1. The van der Waals surface area contributed by atoms with Crippen molar-refractivity contribution in [3.63, 3.8) is 0 Å². The Kier molecular flexibility index (Phi) is 17.7. The molecule has 5 nitrogen and oxygen atoms in total. The van der Waals surface area contributed by atoms with E-state index in [9.17, 15) is 9.90 Å². The minimum absolute atomic E-state index is 0. The van der Waals surface area contributed by atoms with Crippen molar-refractivity contribution in [3.8, 4) is 44.1 Å². The van der Waals surface area contributed by atoms with Crippen LogP contribution in [0.1, 0.15) is 63.1 Å². The molecule has 0 amide bonds. The number of nitrogens with zero attached hydrogens (tertiary/aromatic N) is 3. The van der Waals surface area contributed by atoms with Crippen molar-refractivity contribution in [2.24, 2.45) is 11.8 Å². The van der Waals surface area contributed by atoms with Crippen molar-refractivity contribution in [2.75, 3.05) is 0 Å². The van der Waals surface area contributed by atoms with Crippen LogP contribution in [0.4, 0.5) is 0 Å². The van der Waals surface area contributed by atoms with Crippen LogP contribution in [0, 0.1) is 30.8 Å². The molecule has 0 saturated heterocycles. The van der Waals surface area contributed by atoms with Crippen LogP contribution in [0.3, 0.4) is 0 Å². The van der Waals surface area contributed by atoms with Gasteiger partial charge in [-0.3, -0.25) is 9.78 Å². The minimum atomic E-state index is -2.29. The molecule has 0 saturated carbocycles. The molecule has 0 spiro atoms. The monoisotopic (exact) mass is 1130 g/mol. The first-order chi connectivity index (χ1) is 33.3. The Morgan fingerprint density at radius 2 is 1.38 bits per heavy atom. The summed E-state index contributed by atoms with van der Waals surface area (Å²) in [6.07, 6.45) is 8.26. The molecule has 1 N–H and O–H groups in total. The number of aliphatic hydroxyl groups excluding tert-OH is 1. The maximum Gasteiger partial charge on any atom is 0.162 e. The van der Waals surface area contributed by atoms with E-state index >= 15 is 0 Å². The molecule has 1 radical (unpaired) electrons. The van der Waals surface area contributed by atoms with Crippen LogP contribution >= 0.6 is 11.3 Å². The van der Waals surface area contributed by atoms with Gasteiger partial charge in [-0.25, -0.2) is 4.98 Å². The zero-order chi connectivity index (χ0) is 50.8. The number of fused-ring (bicyclic) bond motifs is 2. The molecule has 3 aromatic heterocycles. The molecule has 3 heterocycles. The summed E-state index contributed by atoms with van der Waals surface area (Å²) in [7, 11) is -2.91. The SMILES string of the molecule is CCC(CC)C(=O)/C=C(\O)C(CC)CC.C[Si](C)(C)c1ccc(-c2ccnc(-c3[c-]cccc3)c2)cc1.[2H]C([2H])([2H])c1c(-c2ccccc2)sc2c(-c3[c-]c4ccccc4c([Si](C)(C)C)c3)ncnc12.[Ir]. The number of ketones is 1. The normalized spacial score (nSPS) is 12.6. The third-order valence-corrected chi connectivity index (χ3v) is 17.6. The molecule has 355 valence electrons. The number of pyridine rings is 1. The van der Waals surface area contributed by atoms with Gasteiger partial charge in [0.1, 0.15) is 6.33 Å². The van der Waals surface area contributed by atoms with Gasteiger partial charge in [0, 0.05) is 63.6 Å². The average molecular weight is 1130 g/mol. The second-order valence-corrected chi connectivity index (χ2v) is 30.1. The van der Waals surface area contributed by atoms with E-state index in [1.807, 2.05) is 94.6 Å². The zero-order valence-electron chi connectivity index (χ0n) is 44.2. The van der Waals surface area contributed by atoms with E-state index in [-0.39, 0.29) is 43.5 Å². The number of aliphatic hydroxyl groups is 1. The Balaban J connectivity index is 0.000000214.